The zero-order valence-electron chi connectivity index (χ0n) is 13.9. The number of hydrogen-bond acceptors (Lipinski definition) is 4. The van der Waals surface area contributed by atoms with Crippen molar-refractivity contribution < 1.29 is 17.9 Å². The van der Waals surface area contributed by atoms with Crippen molar-refractivity contribution >= 4 is 15.9 Å². The van der Waals surface area contributed by atoms with Crippen LogP contribution in [-0.4, -0.2) is 62.4 Å². The average molecular weight is 340 g/mol. The van der Waals surface area contributed by atoms with Crippen LogP contribution in [0.4, 0.5) is 0 Å². The van der Waals surface area contributed by atoms with E-state index < -0.39 is 10.0 Å². The third kappa shape index (κ3) is 4.53. The smallest absolute Gasteiger partial charge is 0.248 e. The molecule has 1 amide bonds. The Balaban J connectivity index is 1.95. The summed E-state index contributed by atoms with van der Waals surface area (Å²) in [6.45, 7) is 7.12. The Bertz CT molecular complexity index is 633. The Labute approximate surface area is 138 Å². The van der Waals surface area contributed by atoms with Crippen molar-refractivity contribution in [3.05, 3.63) is 29.8 Å². The molecule has 0 aromatic heterocycles. The van der Waals surface area contributed by atoms with Crippen LogP contribution >= 0.6 is 0 Å². The second kappa shape index (κ2) is 7.42. The lowest BCUT2D eigenvalue weighted by atomic mass is 10.2. The van der Waals surface area contributed by atoms with Crippen molar-refractivity contribution in [2.24, 2.45) is 0 Å². The first-order valence-electron chi connectivity index (χ1n) is 7.77. The van der Waals surface area contributed by atoms with Crippen molar-refractivity contribution in [2.45, 2.75) is 31.8 Å². The maximum Gasteiger partial charge on any atom is 0.248 e. The molecule has 0 saturated carbocycles. The third-order valence-electron chi connectivity index (χ3n) is 3.79. The van der Waals surface area contributed by atoms with E-state index in [-0.39, 0.29) is 18.6 Å². The second-order valence-corrected chi connectivity index (χ2v) is 7.90. The molecule has 0 radical (unpaired) electrons. The van der Waals surface area contributed by atoms with E-state index in [0.29, 0.717) is 31.1 Å². The summed E-state index contributed by atoms with van der Waals surface area (Å²) in [5.74, 6) is -0.0916. The summed E-state index contributed by atoms with van der Waals surface area (Å²) in [7, 11) is -3.49. The highest BCUT2D eigenvalue weighted by molar-refractivity contribution is 7.89. The van der Waals surface area contributed by atoms with Crippen LogP contribution in [0.1, 0.15) is 19.4 Å². The molecule has 0 spiro atoms. The zero-order valence-corrected chi connectivity index (χ0v) is 14.7. The molecule has 6 nitrogen and oxygen atoms in total. The number of nitrogens with zero attached hydrogens (tertiary/aromatic N) is 2. The standard InChI is InChI=1S/C16H24N2O4S/c1-13(2)22-12-16(19)17-8-10-18(11-9-17)23(20,21)15-6-4-14(3)5-7-15/h4-7,13H,8-12H2,1-3H3. The number of ether oxygens (including phenoxy) is 1. The van der Waals surface area contributed by atoms with Gasteiger partial charge < -0.3 is 9.64 Å². The number of benzene rings is 1. The van der Waals surface area contributed by atoms with Crippen LogP contribution in [0.25, 0.3) is 0 Å². The molecule has 1 aromatic carbocycles. The molecule has 0 atom stereocenters. The minimum Gasteiger partial charge on any atom is -0.369 e. The fourth-order valence-electron chi connectivity index (χ4n) is 2.37. The maximum absolute atomic E-state index is 12.6. The van der Waals surface area contributed by atoms with Gasteiger partial charge in [0.2, 0.25) is 15.9 Å². The number of carbonyl (C=O) groups excluding carboxylic acids is 1. The number of piperazine rings is 1. The Hall–Kier alpha value is -1.44. The second-order valence-electron chi connectivity index (χ2n) is 5.96. The molecule has 23 heavy (non-hydrogen) atoms. The van der Waals surface area contributed by atoms with Gasteiger partial charge in [-0.25, -0.2) is 8.42 Å². The number of carbonyl (C=O) groups is 1. The summed E-state index contributed by atoms with van der Waals surface area (Å²) in [6.07, 6.45) is 0.00199. The Morgan fingerprint density at radius 1 is 1.13 bits per heavy atom. The summed E-state index contributed by atoms with van der Waals surface area (Å²) in [6, 6.07) is 6.82. The van der Waals surface area contributed by atoms with Gasteiger partial charge in [0.1, 0.15) is 6.61 Å². The van der Waals surface area contributed by atoms with Gasteiger partial charge in [0.05, 0.1) is 11.0 Å². The molecule has 1 heterocycles. The van der Waals surface area contributed by atoms with Crippen molar-refractivity contribution in [1.82, 2.24) is 9.21 Å². The molecule has 0 N–H and O–H groups in total. The lowest BCUT2D eigenvalue weighted by molar-refractivity contribution is -0.138. The molecular weight excluding hydrogens is 316 g/mol. The number of sulfonamides is 1. The van der Waals surface area contributed by atoms with Crippen LogP contribution in [0.2, 0.25) is 0 Å². The molecule has 1 saturated heterocycles. The normalized spacial score (nSPS) is 16.8. The first-order chi connectivity index (χ1) is 10.8. The molecule has 1 fully saturated rings. The summed E-state index contributed by atoms with van der Waals surface area (Å²) >= 11 is 0. The van der Waals surface area contributed by atoms with E-state index in [4.69, 9.17) is 4.74 Å². The van der Waals surface area contributed by atoms with E-state index in [1.165, 1.54) is 4.31 Å². The highest BCUT2D eigenvalue weighted by Gasteiger charge is 2.30. The highest BCUT2D eigenvalue weighted by Crippen LogP contribution is 2.18. The highest BCUT2D eigenvalue weighted by atomic mass is 32.2. The lowest BCUT2D eigenvalue weighted by Crippen LogP contribution is -2.51. The first-order valence-corrected chi connectivity index (χ1v) is 9.21. The Kier molecular flexibility index (Phi) is 5.78. The Morgan fingerprint density at radius 2 is 1.70 bits per heavy atom. The maximum atomic E-state index is 12.6. The van der Waals surface area contributed by atoms with Crippen LogP contribution in [-0.2, 0) is 19.6 Å². The van der Waals surface area contributed by atoms with Gasteiger partial charge in [0.15, 0.2) is 0 Å². The van der Waals surface area contributed by atoms with Gasteiger partial charge in [0, 0.05) is 26.2 Å². The summed E-state index contributed by atoms with van der Waals surface area (Å²) in [5, 5.41) is 0. The SMILES string of the molecule is Cc1ccc(S(=O)(=O)N2CCN(C(=O)COC(C)C)CC2)cc1. The van der Waals surface area contributed by atoms with E-state index in [9.17, 15) is 13.2 Å². The van der Waals surface area contributed by atoms with Crippen molar-refractivity contribution in [3.63, 3.8) is 0 Å². The number of hydrogen-bond donors (Lipinski definition) is 0. The summed E-state index contributed by atoms with van der Waals surface area (Å²) in [4.78, 5) is 14.0. The molecule has 0 aliphatic carbocycles. The van der Waals surface area contributed by atoms with Crippen LogP contribution < -0.4 is 0 Å². The van der Waals surface area contributed by atoms with Crippen LogP contribution in [0, 0.1) is 6.92 Å². The van der Waals surface area contributed by atoms with Gasteiger partial charge >= 0.3 is 0 Å². The molecule has 1 aliphatic heterocycles. The van der Waals surface area contributed by atoms with Crippen molar-refractivity contribution in [3.8, 4) is 0 Å². The molecule has 7 heteroatoms. The minimum atomic E-state index is -3.49. The summed E-state index contributed by atoms with van der Waals surface area (Å²) < 4.78 is 31.9. The molecule has 1 aromatic rings. The average Bonchev–Trinajstić information content (AvgIpc) is 2.53. The third-order valence-corrected chi connectivity index (χ3v) is 5.70. The number of amides is 1. The van der Waals surface area contributed by atoms with Gasteiger partial charge in [-0.3, -0.25) is 4.79 Å². The van der Waals surface area contributed by atoms with Crippen molar-refractivity contribution in [1.29, 1.82) is 0 Å². The molecule has 0 unspecified atom stereocenters. The molecule has 128 valence electrons. The minimum absolute atomic E-state index is 0.00199. The molecule has 2 rings (SSSR count). The molecule has 1 aliphatic rings. The van der Waals surface area contributed by atoms with Gasteiger partial charge in [0.25, 0.3) is 0 Å². The predicted octanol–water partition coefficient (Wildman–Crippen LogP) is 1.25. The zero-order chi connectivity index (χ0) is 17.0. The van der Waals surface area contributed by atoms with E-state index in [2.05, 4.69) is 0 Å². The van der Waals surface area contributed by atoms with E-state index >= 15 is 0 Å². The number of aryl methyl sites for hydroxylation is 1. The van der Waals surface area contributed by atoms with Crippen LogP contribution in [0.5, 0.6) is 0 Å². The predicted molar refractivity (Wildman–Crippen MR) is 87.6 cm³/mol. The monoisotopic (exact) mass is 340 g/mol. The Morgan fingerprint density at radius 3 is 2.22 bits per heavy atom. The van der Waals surface area contributed by atoms with E-state index in [1.54, 1.807) is 29.2 Å². The largest absolute Gasteiger partial charge is 0.369 e. The van der Waals surface area contributed by atoms with Gasteiger partial charge in [-0.1, -0.05) is 17.7 Å². The number of rotatable bonds is 5. The van der Waals surface area contributed by atoms with E-state index in [1.807, 2.05) is 20.8 Å². The molecular formula is C16H24N2O4S. The topological polar surface area (TPSA) is 66.9 Å². The fourth-order valence-corrected chi connectivity index (χ4v) is 3.79. The molecule has 0 bridgehead atoms. The van der Waals surface area contributed by atoms with Crippen molar-refractivity contribution in [2.75, 3.05) is 32.8 Å². The van der Waals surface area contributed by atoms with Gasteiger partial charge in [-0.05, 0) is 32.9 Å². The van der Waals surface area contributed by atoms with Crippen LogP contribution in [0.15, 0.2) is 29.2 Å². The van der Waals surface area contributed by atoms with Gasteiger partial charge in [-0.2, -0.15) is 4.31 Å². The summed E-state index contributed by atoms with van der Waals surface area (Å²) in [5.41, 5.74) is 1.02. The van der Waals surface area contributed by atoms with Gasteiger partial charge in [-0.15, -0.1) is 0 Å². The fraction of sp³-hybridized carbons (Fsp3) is 0.562. The lowest BCUT2D eigenvalue weighted by Gasteiger charge is -2.34. The van der Waals surface area contributed by atoms with E-state index in [0.717, 1.165) is 5.56 Å². The quantitative estimate of drug-likeness (QED) is 0.809. The van der Waals surface area contributed by atoms with Crippen LogP contribution in [0.3, 0.4) is 0 Å². The first kappa shape index (κ1) is 17.9.